The third kappa shape index (κ3) is 2.22. The van der Waals surface area contributed by atoms with Crippen molar-refractivity contribution in [3.05, 3.63) is 18.5 Å². The summed E-state index contributed by atoms with van der Waals surface area (Å²) in [5, 5.41) is 17.8. The van der Waals surface area contributed by atoms with E-state index in [-0.39, 0.29) is 12.1 Å². The van der Waals surface area contributed by atoms with Crippen LogP contribution < -0.4 is 5.32 Å². The largest absolute Gasteiger partial charge is 0.390 e. The Kier molecular flexibility index (Phi) is 3.13. The van der Waals surface area contributed by atoms with Crippen LogP contribution in [0.2, 0.25) is 0 Å². The van der Waals surface area contributed by atoms with Crippen molar-refractivity contribution in [2.75, 3.05) is 26.2 Å². The van der Waals surface area contributed by atoms with Gasteiger partial charge in [0.25, 0.3) is 0 Å². The lowest BCUT2D eigenvalue weighted by molar-refractivity contribution is 0.129. The Morgan fingerprint density at radius 3 is 2.76 bits per heavy atom. The number of aliphatic hydroxyl groups is 1. The van der Waals surface area contributed by atoms with Gasteiger partial charge in [0.15, 0.2) is 0 Å². The molecule has 0 unspecified atom stereocenters. The minimum Gasteiger partial charge on any atom is -0.390 e. The fourth-order valence-electron chi connectivity index (χ4n) is 3.01. The smallest absolute Gasteiger partial charge is 0.0917 e. The maximum absolute atomic E-state index is 10.1. The van der Waals surface area contributed by atoms with Gasteiger partial charge in [-0.3, -0.25) is 9.58 Å². The molecule has 0 aliphatic carbocycles. The summed E-state index contributed by atoms with van der Waals surface area (Å²) in [6.45, 7) is 3.91. The zero-order valence-electron chi connectivity index (χ0n) is 10.00. The van der Waals surface area contributed by atoms with Crippen LogP contribution in [0.5, 0.6) is 0 Å². The van der Waals surface area contributed by atoms with E-state index in [4.69, 9.17) is 0 Å². The summed E-state index contributed by atoms with van der Waals surface area (Å²) in [4.78, 5) is 2.43. The van der Waals surface area contributed by atoms with Gasteiger partial charge in [-0.2, -0.15) is 5.10 Å². The monoisotopic (exact) mass is 236 g/mol. The van der Waals surface area contributed by atoms with Gasteiger partial charge >= 0.3 is 0 Å². The van der Waals surface area contributed by atoms with Crippen molar-refractivity contribution in [2.24, 2.45) is 0 Å². The first-order chi connectivity index (χ1) is 8.34. The number of nitrogens with one attached hydrogen (secondary N) is 1. The van der Waals surface area contributed by atoms with Gasteiger partial charge in [0, 0.05) is 31.5 Å². The van der Waals surface area contributed by atoms with Crippen LogP contribution in [0.25, 0.3) is 0 Å². The van der Waals surface area contributed by atoms with E-state index in [1.807, 2.05) is 16.9 Å². The Balaban J connectivity index is 1.66. The third-order valence-electron chi connectivity index (χ3n) is 3.98. The molecule has 0 saturated carbocycles. The standard InChI is InChI=1S/C12H20N4O/c17-12-9-15(10-2-5-13-6-3-10)8-11(12)16-7-1-4-14-16/h1,4,7,10-13,17H,2-3,5-6,8-9H2/t11-,12+/m1/s1. The van der Waals surface area contributed by atoms with Gasteiger partial charge in [0.05, 0.1) is 12.1 Å². The molecule has 94 valence electrons. The molecule has 2 saturated heterocycles. The van der Waals surface area contributed by atoms with E-state index in [2.05, 4.69) is 15.3 Å². The Morgan fingerprint density at radius 1 is 1.24 bits per heavy atom. The second-order valence-corrected chi connectivity index (χ2v) is 5.06. The number of aliphatic hydroxyl groups excluding tert-OH is 1. The molecule has 5 heteroatoms. The highest BCUT2D eigenvalue weighted by molar-refractivity contribution is 4.94. The van der Waals surface area contributed by atoms with Crippen LogP contribution >= 0.6 is 0 Å². The average molecular weight is 236 g/mol. The van der Waals surface area contributed by atoms with Crippen molar-refractivity contribution in [1.29, 1.82) is 0 Å². The van der Waals surface area contributed by atoms with Crippen molar-refractivity contribution in [3.8, 4) is 0 Å². The first-order valence-corrected chi connectivity index (χ1v) is 6.46. The highest BCUT2D eigenvalue weighted by Gasteiger charge is 2.36. The van der Waals surface area contributed by atoms with Crippen molar-refractivity contribution in [3.63, 3.8) is 0 Å². The zero-order chi connectivity index (χ0) is 11.7. The summed E-state index contributed by atoms with van der Waals surface area (Å²) in [6, 6.07) is 2.67. The van der Waals surface area contributed by atoms with Crippen molar-refractivity contribution < 1.29 is 5.11 Å². The van der Waals surface area contributed by atoms with E-state index >= 15 is 0 Å². The second kappa shape index (κ2) is 4.76. The van der Waals surface area contributed by atoms with Crippen molar-refractivity contribution in [1.82, 2.24) is 20.0 Å². The SMILES string of the molecule is O[C@H]1CN(C2CCNCC2)C[C@H]1n1cccn1. The molecule has 2 atom stereocenters. The van der Waals surface area contributed by atoms with Gasteiger partial charge in [-0.05, 0) is 32.0 Å². The van der Waals surface area contributed by atoms with E-state index < -0.39 is 0 Å². The zero-order valence-corrected chi connectivity index (χ0v) is 10.00. The highest BCUT2D eigenvalue weighted by Crippen LogP contribution is 2.25. The molecule has 2 aliphatic heterocycles. The van der Waals surface area contributed by atoms with Gasteiger partial charge < -0.3 is 10.4 Å². The maximum atomic E-state index is 10.1. The number of hydrogen-bond acceptors (Lipinski definition) is 4. The van der Waals surface area contributed by atoms with E-state index in [1.165, 1.54) is 12.8 Å². The molecule has 0 radical (unpaired) electrons. The molecule has 0 amide bonds. The lowest BCUT2D eigenvalue weighted by Crippen LogP contribution is -2.42. The average Bonchev–Trinajstić information content (AvgIpc) is 2.99. The normalized spacial score (nSPS) is 32.1. The summed E-state index contributed by atoms with van der Waals surface area (Å²) in [6.07, 6.45) is 5.82. The molecule has 0 spiro atoms. The first-order valence-electron chi connectivity index (χ1n) is 6.46. The molecule has 2 aliphatic rings. The molecular formula is C12H20N4O. The number of hydrogen-bond donors (Lipinski definition) is 2. The van der Waals surface area contributed by atoms with E-state index in [0.29, 0.717) is 6.04 Å². The molecular weight excluding hydrogens is 216 g/mol. The van der Waals surface area contributed by atoms with E-state index in [1.54, 1.807) is 6.20 Å². The van der Waals surface area contributed by atoms with Crippen LogP contribution in [0.4, 0.5) is 0 Å². The summed E-state index contributed by atoms with van der Waals surface area (Å²) in [5.74, 6) is 0. The molecule has 1 aromatic rings. The lowest BCUT2D eigenvalue weighted by atomic mass is 10.1. The summed E-state index contributed by atoms with van der Waals surface area (Å²) in [5.41, 5.74) is 0. The van der Waals surface area contributed by atoms with Gasteiger partial charge in [0.1, 0.15) is 0 Å². The minimum atomic E-state index is -0.287. The number of aromatic nitrogens is 2. The van der Waals surface area contributed by atoms with Crippen molar-refractivity contribution in [2.45, 2.75) is 31.0 Å². The quantitative estimate of drug-likeness (QED) is 0.750. The van der Waals surface area contributed by atoms with Gasteiger partial charge in [-0.25, -0.2) is 0 Å². The van der Waals surface area contributed by atoms with Gasteiger partial charge in [-0.15, -0.1) is 0 Å². The van der Waals surface area contributed by atoms with Crippen LogP contribution in [0.1, 0.15) is 18.9 Å². The Morgan fingerprint density at radius 2 is 2.06 bits per heavy atom. The summed E-state index contributed by atoms with van der Waals surface area (Å²) in [7, 11) is 0. The second-order valence-electron chi connectivity index (χ2n) is 5.06. The van der Waals surface area contributed by atoms with Crippen LogP contribution in [0.3, 0.4) is 0 Å². The molecule has 0 aromatic carbocycles. The predicted molar refractivity (Wildman–Crippen MR) is 64.7 cm³/mol. The summed E-state index contributed by atoms with van der Waals surface area (Å²) >= 11 is 0. The van der Waals surface area contributed by atoms with Gasteiger partial charge in [0.2, 0.25) is 0 Å². The molecule has 17 heavy (non-hydrogen) atoms. The number of likely N-dealkylation sites (tertiary alicyclic amines) is 1. The topological polar surface area (TPSA) is 53.3 Å². The number of piperidine rings is 1. The van der Waals surface area contributed by atoms with Crippen LogP contribution in [0.15, 0.2) is 18.5 Å². The Labute approximate surface area is 101 Å². The Bertz CT molecular complexity index is 347. The number of rotatable bonds is 2. The lowest BCUT2D eigenvalue weighted by Gasteiger charge is -2.31. The van der Waals surface area contributed by atoms with Crippen LogP contribution in [-0.4, -0.2) is 58.1 Å². The Hall–Kier alpha value is -0.910. The maximum Gasteiger partial charge on any atom is 0.0917 e. The minimum absolute atomic E-state index is 0.125. The van der Waals surface area contributed by atoms with Crippen LogP contribution in [-0.2, 0) is 0 Å². The molecule has 2 N–H and O–H groups in total. The predicted octanol–water partition coefficient (Wildman–Crippen LogP) is -0.147. The highest BCUT2D eigenvalue weighted by atomic mass is 16.3. The number of nitrogens with zero attached hydrogens (tertiary/aromatic N) is 3. The molecule has 3 rings (SSSR count). The fourth-order valence-corrected chi connectivity index (χ4v) is 3.01. The molecule has 3 heterocycles. The summed E-state index contributed by atoms with van der Waals surface area (Å²) < 4.78 is 1.89. The third-order valence-corrected chi connectivity index (χ3v) is 3.98. The molecule has 5 nitrogen and oxygen atoms in total. The van der Waals surface area contributed by atoms with Crippen LogP contribution in [0, 0.1) is 0 Å². The van der Waals surface area contributed by atoms with E-state index in [0.717, 1.165) is 26.2 Å². The fraction of sp³-hybridized carbons (Fsp3) is 0.750. The molecule has 2 fully saturated rings. The van der Waals surface area contributed by atoms with Gasteiger partial charge in [-0.1, -0.05) is 0 Å². The van der Waals surface area contributed by atoms with E-state index in [9.17, 15) is 5.11 Å². The molecule has 1 aromatic heterocycles. The molecule has 0 bridgehead atoms. The van der Waals surface area contributed by atoms with Crippen molar-refractivity contribution >= 4 is 0 Å². The number of β-amino-alcohol motifs (C(OH)–C–C–N with tert-alkyl or cyclic N) is 1. The first kappa shape index (κ1) is 11.2.